The molecule has 0 radical (unpaired) electrons. The van der Waals surface area contributed by atoms with Crippen LogP contribution in [0.15, 0.2) is 24.3 Å². The molecule has 4 heteroatoms. The smallest absolute Gasteiger partial charge is 0.252 e. The van der Waals surface area contributed by atoms with Crippen LogP contribution in [0.2, 0.25) is 0 Å². The van der Waals surface area contributed by atoms with Crippen molar-refractivity contribution in [2.24, 2.45) is 5.41 Å². The number of carbonyl (C=O) groups excluding carboxylic acids is 1. The summed E-state index contributed by atoms with van der Waals surface area (Å²) in [6.45, 7) is 0.808. The van der Waals surface area contributed by atoms with Gasteiger partial charge in [-0.2, -0.15) is 0 Å². The Morgan fingerprint density at radius 2 is 2.12 bits per heavy atom. The molecule has 0 aliphatic heterocycles. The normalized spacial score (nSPS) is 16.6. The van der Waals surface area contributed by atoms with Gasteiger partial charge in [0.25, 0.3) is 5.91 Å². The summed E-state index contributed by atoms with van der Waals surface area (Å²) >= 11 is 5.68. The Morgan fingerprint density at radius 1 is 1.41 bits per heavy atom. The van der Waals surface area contributed by atoms with Gasteiger partial charge >= 0.3 is 0 Å². The first-order chi connectivity index (χ1) is 8.17. The Hall–Kier alpha value is -0.100. The molecule has 92 valence electrons. The first-order valence-corrected chi connectivity index (χ1v) is 7.96. The molecular formula is C13H15BrINO. The molecule has 0 heterocycles. The van der Waals surface area contributed by atoms with Gasteiger partial charge in [0, 0.05) is 15.4 Å². The van der Waals surface area contributed by atoms with Crippen LogP contribution in [0.3, 0.4) is 0 Å². The van der Waals surface area contributed by atoms with Crippen molar-refractivity contribution < 1.29 is 4.79 Å². The van der Waals surface area contributed by atoms with Crippen molar-refractivity contribution in [2.45, 2.75) is 19.3 Å². The Morgan fingerprint density at radius 3 is 2.71 bits per heavy atom. The van der Waals surface area contributed by atoms with E-state index in [1.54, 1.807) is 0 Å². The third-order valence-corrected chi connectivity index (χ3v) is 4.66. The highest BCUT2D eigenvalue weighted by Gasteiger charge is 2.41. The van der Waals surface area contributed by atoms with Crippen molar-refractivity contribution >= 4 is 44.4 Å². The molecule has 1 N–H and O–H groups in total. The van der Waals surface area contributed by atoms with Crippen LogP contribution < -0.4 is 5.32 Å². The zero-order valence-corrected chi connectivity index (χ0v) is 13.3. The van der Waals surface area contributed by atoms with Crippen molar-refractivity contribution in [3.8, 4) is 0 Å². The van der Waals surface area contributed by atoms with Crippen LogP contribution in [0, 0.1) is 8.99 Å². The lowest BCUT2D eigenvalue weighted by atomic mass is 10.0. The number of nitrogens with one attached hydrogen (secondary N) is 1. The number of rotatable bonds is 5. The van der Waals surface area contributed by atoms with E-state index in [0.29, 0.717) is 5.41 Å². The van der Waals surface area contributed by atoms with Gasteiger partial charge in [0.1, 0.15) is 0 Å². The first-order valence-electron chi connectivity index (χ1n) is 5.76. The van der Waals surface area contributed by atoms with Crippen LogP contribution in [0.25, 0.3) is 0 Å². The summed E-state index contributed by atoms with van der Waals surface area (Å²) in [5.41, 5.74) is 1.15. The largest absolute Gasteiger partial charge is 0.351 e. The van der Waals surface area contributed by atoms with Crippen LogP contribution >= 0.6 is 38.5 Å². The maximum atomic E-state index is 12.0. The topological polar surface area (TPSA) is 29.1 Å². The molecule has 0 unspecified atom stereocenters. The molecule has 1 saturated carbocycles. The van der Waals surface area contributed by atoms with Crippen molar-refractivity contribution in [3.63, 3.8) is 0 Å². The van der Waals surface area contributed by atoms with Crippen LogP contribution in [-0.4, -0.2) is 17.8 Å². The van der Waals surface area contributed by atoms with Crippen LogP contribution in [0.4, 0.5) is 0 Å². The van der Waals surface area contributed by atoms with E-state index in [9.17, 15) is 4.79 Å². The zero-order valence-electron chi connectivity index (χ0n) is 9.51. The van der Waals surface area contributed by atoms with Gasteiger partial charge in [0.15, 0.2) is 0 Å². The maximum absolute atomic E-state index is 12.0. The maximum Gasteiger partial charge on any atom is 0.252 e. The lowest BCUT2D eigenvalue weighted by Gasteiger charge is -2.14. The number of carbonyl (C=O) groups is 1. The Kier molecular flexibility index (Phi) is 4.47. The number of benzene rings is 1. The summed E-state index contributed by atoms with van der Waals surface area (Å²) in [4.78, 5) is 12.0. The number of hydrogen-bond donors (Lipinski definition) is 1. The molecule has 0 aromatic heterocycles. The second kappa shape index (κ2) is 5.69. The van der Waals surface area contributed by atoms with E-state index in [2.05, 4.69) is 43.8 Å². The molecule has 1 aliphatic carbocycles. The van der Waals surface area contributed by atoms with Gasteiger partial charge in [-0.25, -0.2) is 0 Å². The Labute approximate surface area is 124 Å². The van der Waals surface area contributed by atoms with Crippen molar-refractivity contribution in [1.82, 2.24) is 5.32 Å². The van der Waals surface area contributed by atoms with E-state index >= 15 is 0 Å². The number of alkyl halides is 1. The van der Waals surface area contributed by atoms with Gasteiger partial charge in [-0.05, 0) is 59.4 Å². The molecule has 1 amide bonds. The lowest BCUT2D eigenvalue weighted by Crippen LogP contribution is -2.30. The minimum Gasteiger partial charge on any atom is -0.351 e. The van der Waals surface area contributed by atoms with Gasteiger partial charge in [-0.15, -0.1) is 0 Å². The fourth-order valence-electron chi connectivity index (χ4n) is 1.90. The number of hydrogen-bond acceptors (Lipinski definition) is 1. The first kappa shape index (κ1) is 13.3. The molecule has 17 heavy (non-hydrogen) atoms. The van der Waals surface area contributed by atoms with Crippen molar-refractivity contribution in [2.75, 3.05) is 11.9 Å². The molecule has 0 spiro atoms. The summed E-state index contributed by atoms with van der Waals surface area (Å²) in [6, 6.07) is 7.69. The average Bonchev–Trinajstić information content (AvgIpc) is 3.08. The molecule has 2 rings (SSSR count). The fourth-order valence-corrected chi connectivity index (χ4v) is 3.37. The van der Waals surface area contributed by atoms with Gasteiger partial charge in [0.2, 0.25) is 0 Å². The second-order valence-corrected chi connectivity index (χ2v) is 6.56. The van der Waals surface area contributed by atoms with Gasteiger partial charge in [0.05, 0.1) is 5.56 Å². The minimum atomic E-state index is 0.0517. The van der Waals surface area contributed by atoms with Crippen molar-refractivity contribution in [3.05, 3.63) is 33.4 Å². The Bertz CT molecular complexity index is 418. The van der Waals surface area contributed by atoms with Crippen molar-refractivity contribution in [1.29, 1.82) is 0 Å². The third kappa shape index (κ3) is 3.44. The predicted molar refractivity (Wildman–Crippen MR) is 81.6 cm³/mol. The zero-order chi connectivity index (χ0) is 12.3. The summed E-state index contributed by atoms with van der Waals surface area (Å²) in [5, 5.41) is 4.08. The van der Waals surface area contributed by atoms with Crippen LogP contribution in [-0.2, 0) is 0 Å². The summed E-state index contributed by atoms with van der Waals surface area (Å²) in [7, 11) is 0. The summed E-state index contributed by atoms with van der Waals surface area (Å²) < 4.78 is 1.01. The van der Waals surface area contributed by atoms with Gasteiger partial charge in [-0.3, -0.25) is 4.79 Å². The number of amides is 1. The minimum absolute atomic E-state index is 0.0517. The molecule has 1 fully saturated rings. The molecule has 1 aromatic carbocycles. The molecule has 1 aliphatic rings. The average molecular weight is 408 g/mol. The molecule has 1 aromatic rings. The highest BCUT2D eigenvalue weighted by Crippen LogP contribution is 2.48. The van der Waals surface area contributed by atoms with E-state index in [1.165, 1.54) is 12.8 Å². The fraction of sp³-hybridized carbons (Fsp3) is 0.462. The van der Waals surface area contributed by atoms with Gasteiger partial charge < -0.3 is 5.32 Å². The SMILES string of the molecule is O=C(NCC1(CCBr)CC1)c1ccccc1I. The standard InChI is InChI=1S/C13H15BrINO/c14-8-7-13(5-6-13)9-16-12(17)10-3-1-2-4-11(10)15/h1-4H,5-9H2,(H,16,17). The van der Waals surface area contributed by atoms with Crippen LogP contribution in [0.1, 0.15) is 29.6 Å². The monoisotopic (exact) mass is 407 g/mol. The molecular weight excluding hydrogens is 393 g/mol. The van der Waals surface area contributed by atoms with E-state index in [4.69, 9.17) is 0 Å². The highest BCUT2D eigenvalue weighted by molar-refractivity contribution is 14.1. The van der Waals surface area contributed by atoms with E-state index in [0.717, 1.165) is 27.4 Å². The second-order valence-electron chi connectivity index (χ2n) is 4.60. The lowest BCUT2D eigenvalue weighted by molar-refractivity contribution is 0.0943. The number of halogens is 2. The Balaban J connectivity index is 1.92. The van der Waals surface area contributed by atoms with E-state index in [-0.39, 0.29) is 5.91 Å². The molecule has 2 nitrogen and oxygen atoms in total. The molecule has 0 atom stereocenters. The van der Waals surface area contributed by atoms with E-state index < -0.39 is 0 Å². The molecule has 0 saturated heterocycles. The van der Waals surface area contributed by atoms with Crippen LogP contribution in [0.5, 0.6) is 0 Å². The third-order valence-electron chi connectivity index (χ3n) is 3.32. The summed E-state index contributed by atoms with van der Waals surface area (Å²) in [6.07, 6.45) is 3.63. The quantitative estimate of drug-likeness (QED) is 0.586. The summed E-state index contributed by atoms with van der Waals surface area (Å²) in [5.74, 6) is 0.0517. The molecule has 0 bridgehead atoms. The predicted octanol–water partition coefficient (Wildman–Crippen LogP) is 3.59. The van der Waals surface area contributed by atoms with E-state index in [1.807, 2.05) is 24.3 Å². The van der Waals surface area contributed by atoms with Gasteiger partial charge in [-0.1, -0.05) is 28.1 Å². The highest BCUT2D eigenvalue weighted by atomic mass is 127.